The molecule has 17 heavy (non-hydrogen) atoms. The predicted octanol–water partition coefficient (Wildman–Crippen LogP) is 1.75. The number of aromatic nitrogens is 2. The molecule has 0 aliphatic rings. The van der Waals surface area contributed by atoms with Crippen molar-refractivity contribution in [3.05, 3.63) is 16.0 Å². The van der Waals surface area contributed by atoms with E-state index in [0.29, 0.717) is 18.9 Å². The lowest BCUT2D eigenvalue weighted by Crippen LogP contribution is -2.31. The van der Waals surface area contributed by atoms with Crippen molar-refractivity contribution in [2.24, 2.45) is 0 Å². The number of anilines is 1. The predicted molar refractivity (Wildman–Crippen MR) is 75.8 cm³/mol. The summed E-state index contributed by atoms with van der Waals surface area (Å²) in [4.78, 5) is 21.7. The highest BCUT2D eigenvalue weighted by Gasteiger charge is 2.08. The Labute approximate surface area is 115 Å². The van der Waals surface area contributed by atoms with Crippen LogP contribution in [0.3, 0.4) is 0 Å². The van der Waals surface area contributed by atoms with Gasteiger partial charge in [0.05, 0.1) is 0 Å². The third-order valence-electron chi connectivity index (χ3n) is 2.36. The normalized spacial score (nSPS) is 10.1. The van der Waals surface area contributed by atoms with Crippen LogP contribution in [0.2, 0.25) is 0 Å². The zero-order chi connectivity index (χ0) is 12.7. The molecule has 0 radical (unpaired) electrons. The summed E-state index contributed by atoms with van der Waals surface area (Å²) in [5, 5.41) is 3.03. The molecule has 1 amide bonds. The van der Waals surface area contributed by atoms with Crippen molar-refractivity contribution in [3.63, 3.8) is 0 Å². The molecule has 1 heterocycles. The number of amides is 1. The second-order valence-corrected chi connectivity index (χ2v) is 4.71. The van der Waals surface area contributed by atoms with Crippen LogP contribution in [0.1, 0.15) is 20.3 Å². The number of carbonyl (C=O) groups is 1. The van der Waals surface area contributed by atoms with Crippen molar-refractivity contribution in [1.82, 2.24) is 14.9 Å². The van der Waals surface area contributed by atoms with Gasteiger partial charge in [-0.25, -0.2) is 9.97 Å². The average Bonchev–Trinajstić information content (AvgIpc) is 2.33. The average molecular weight is 348 g/mol. The number of halogens is 1. The van der Waals surface area contributed by atoms with Gasteiger partial charge in [-0.1, -0.05) is 0 Å². The van der Waals surface area contributed by atoms with Crippen molar-refractivity contribution in [3.8, 4) is 0 Å². The molecule has 5 nitrogen and oxygen atoms in total. The molecule has 1 N–H and O–H groups in total. The van der Waals surface area contributed by atoms with Gasteiger partial charge in [0.1, 0.15) is 0 Å². The highest BCUT2D eigenvalue weighted by molar-refractivity contribution is 14.1. The lowest BCUT2D eigenvalue weighted by Gasteiger charge is -2.18. The number of hydrogen-bond donors (Lipinski definition) is 1. The van der Waals surface area contributed by atoms with Crippen molar-refractivity contribution < 1.29 is 4.79 Å². The maximum absolute atomic E-state index is 11.7. The van der Waals surface area contributed by atoms with Crippen LogP contribution in [-0.2, 0) is 4.79 Å². The van der Waals surface area contributed by atoms with Crippen LogP contribution in [0.25, 0.3) is 0 Å². The number of hydrogen-bond acceptors (Lipinski definition) is 4. The molecular weight excluding hydrogens is 331 g/mol. The van der Waals surface area contributed by atoms with E-state index in [1.807, 2.05) is 18.7 Å². The number of nitrogens with one attached hydrogen (secondary N) is 1. The third kappa shape index (κ3) is 4.84. The lowest BCUT2D eigenvalue weighted by molar-refractivity contribution is -0.130. The van der Waals surface area contributed by atoms with Crippen LogP contribution in [0.5, 0.6) is 0 Å². The summed E-state index contributed by atoms with van der Waals surface area (Å²) in [6.07, 6.45) is 3.95. The van der Waals surface area contributed by atoms with Gasteiger partial charge in [-0.2, -0.15) is 0 Å². The van der Waals surface area contributed by atoms with Gasteiger partial charge in [0.25, 0.3) is 0 Å². The van der Waals surface area contributed by atoms with E-state index in [0.717, 1.165) is 16.7 Å². The molecule has 0 aromatic carbocycles. The molecule has 1 rings (SSSR count). The smallest absolute Gasteiger partial charge is 0.224 e. The summed E-state index contributed by atoms with van der Waals surface area (Å²) in [6, 6.07) is 0. The molecule has 0 aliphatic heterocycles. The second-order valence-electron chi connectivity index (χ2n) is 3.47. The summed E-state index contributed by atoms with van der Waals surface area (Å²) in [7, 11) is 0. The lowest BCUT2D eigenvalue weighted by atomic mass is 10.3. The van der Waals surface area contributed by atoms with Crippen LogP contribution in [0.4, 0.5) is 5.95 Å². The number of carbonyl (C=O) groups excluding carboxylic acids is 1. The maximum atomic E-state index is 11.7. The SMILES string of the molecule is CCN(CC)C(=O)CCNc1ncc(I)cn1. The standard InChI is InChI=1S/C11H17IN4O/c1-3-16(4-2)10(17)5-6-13-11-14-7-9(12)8-15-11/h7-8H,3-6H2,1-2H3,(H,13,14,15). The first-order valence-electron chi connectivity index (χ1n) is 5.66. The molecule has 6 heteroatoms. The molecule has 0 saturated carbocycles. The van der Waals surface area contributed by atoms with E-state index in [1.165, 1.54) is 0 Å². The van der Waals surface area contributed by atoms with Crippen LogP contribution < -0.4 is 5.32 Å². The fraction of sp³-hybridized carbons (Fsp3) is 0.545. The van der Waals surface area contributed by atoms with Crippen LogP contribution in [-0.4, -0.2) is 40.4 Å². The van der Waals surface area contributed by atoms with Gasteiger partial charge in [-0.15, -0.1) is 0 Å². The molecule has 0 spiro atoms. The molecule has 0 unspecified atom stereocenters. The molecule has 1 aromatic rings. The first-order chi connectivity index (χ1) is 8.17. The molecule has 0 bridgehead atoms. The quantitative estimate of drug-likeness (QED) is 0.796. The fourth-order valence-electron chi connectivity index (χ4n) is 1.42. The van der Waals surface area contributed by atoms with E-state index >= 15 is 0 Å². The number of nitrogens with zero attached hydrogens (tertiary/aromatic N) is 3. The van der Waals surface area contributed by atoms with Crippen molar-refractivity contribution in [2.75, 3.05) is 25.0 Å². The highest BCUT2D eigenvalue weighted by Crippen LogP contribution is 2.03. The van der Waals surface area contributed by atoms with Gasteiger partial charge in [0.15, 0.2) is 0 Å². The van der Waals surface area contributed by atoms with E-state index in [-0.39, 0.29) is 5.91 Å². The minimum Gasteiger partial charge on any atom is -0.354 e. The van der Waals surface area contributed by atoms with Gasteiger partial charge < -0.3 is 10.2 Å². The third-order valence-corrected chi connectivity index (χ3v) is 2.92. The molecule has 0 fully saturated rings. The van der Waals surface area contributed by atoms with Crippen LogP contribution >= 0.6 is 22.6 Å². The molecule has 0 atom stereocenters. The number of rotatable bonds is 6. The van der Waals surface area contributed by atoms with Crippen LogP contribution in [0.15, 0.2) is 12.4 Å². The topological polar surface area (TPSA) is 58.1 Å². The Morgan fingerprint density at radius 1 is 1.35 bits per heavy atom. The van der Waals surface area contributed by atoms with E-state index in [2.05, 4.69) is 37.9 Å². The summed E-state index contributed by atoms with van der Waals surface area (Å²) < 4.78 is 0.993. The van der Waals surface area contributed by atoms with Crippen molar-refractivity contribution in [1.29, 1.82) is 0 Å². The van der Waals surface area contributed by atoms with Crippen molar-refractivity contribution in [2.45, 2.75) is 20.3 Å². The molecule has 0 aliphatic carbocycles. The van der Waals surface area contributed by atoms with Gasteiger partial charge in [-0.3, -0.25) is 4.79 Å². The Kier molecular flexibility index (Phi) is 6.17. The van der Waals surface area contributed by atoms with Crippen molar-refractivity contribution >= 4 is 34.4 Å². The zero-order valence-corrected chi connectivity index (χ0v) is 12.3. The largest absolute Gasteiger partial charge is 0.354 e. The van der Waals surface area contributed by atoms with Crippen LogP contribution in [0, 0.1) is 3.57 Å². The van der Waals surface area contributed by atoms with E-state index in [1.54, 1.807) is 12.4 Å². The molecular formula is C11H17IN4O. The van der Waals surface area contributed by atoms with E-state index in [4.69, 9.17) is 0 Å². The molecule has 1 aromatic heterocycles. The fourth-order valence-corrected chi connectivity index (χ4v) is 1.70. The Hall–Kier alpha value is -0.920. The first kappa shape index (κ1) is 14.1. The Morgan fingerprint density at radius 2 is 1.94 bits per heavy atom. The summed E-state index contributed by atoms with van der Waals surface area (Å²) in [6.45, 7) is 6.05. The Bertz CT molecular complexity index is 351. The Morgan fingerprint density at radius 3 is 2.47 bits per heavy atom. The Balaban J connectivity index is 2.32. The first-order valence-corrected chi connectivity index (χ1v) is 6.74. The maximum Gasteiger partial charge on any atom is 0.224 e. The molecule has 94 valence electrons. The second kappa shape index (κ2) is 7.41. The van der Waals surface area contributed by atoms with E-state index < -0.39 is 0 Å². The van der Waals surface area contributed by atoms with E-state index in [9.17, 15) is 4.79 Å². The summed E-state index contributed by atoms with van der Waals surface area (Å²) >= 11 is 2.15. The van der Waals surface area contributed by atoms with Gasteiger partial charge >= 0.3 is 0 Å². The monoisotopic (exact) mass is 348 g/mol. The minimum absolute atomic E-state index is 0.160. The van der Waals surface area contributed by atoms with Gasteiger partial charge in [0, 0.05) is 42.0 Å². The minimum atomic E-state index is 0.160. The van der Waals surface area contributed by atoms with Gasteiger partial charge in [0.2, 0.25) is 11.9 Å². The summed E-state index contributed by atoms with van der Waals surface area (Å²) in [5.74, 6) is 0.728. The molecule has 0 saturated heterocycles. The summed E-state index contributed by atoms with van der Waals surface area (Å²) in [5.41, 5.74) is 0. The van der Waals surface area contributed by atoms with Gasteiger partial charge in [-0.05, 0) is 36.4 Å². The highest BCUT2D eigenvalue weighted by atomic mass is 127. The zero-order valence-electron chi connectivity index (χ0n) is 10.1.